The second-order valence-electron chi connectivity index (χ2n) is 4.47. The summed E-state index contributed by atoms with van der Waals surface area (Å²) < 4.78 is 6.56. The van der Waals surface area contributed by atoms with Gasteiger partial charge in [-0.2, -0.15) is 0 Å². The third kappa shape index (κ3) is 2.05. The minimum Gasteiger partial charge on any atom is -0.443 e. The highest BCUT2D eigenvalue weighted by molar-refractivity contribution is 5.70. The number of aromatic nitrogens is 2. The van der Waals surface area contributed by atoms with Crippen molar-refractivity contribution in [3.05, 3.63) is 17.2 Å². The lowest BCUT2D eigenvalue weighted by molar-refractivity contribution is 0.0530. The fourth-order valence-electron chi connectivity index (χ4n) is 1.32. The van der Waals surface area contributed by atoms with Gasteiger partial charge in [-0.3, -0.25) is 0 Å². The molecule has 0 saturated carbocycles. The average molecular weight is 222 g/mol. The van der Waals surface area contributed by atoms with E-state index < -0.39 is 11.7 Å². The summed E-state index contributed by atoms with van der Waals surface area (Å²) in [5.74, 6) is 0. The normalized spacial score (nSPS) is 14.2. The van der Waals surface area contributed by atoms with E-state index >= 15 is 0 Å². The second kappa shape index (κ2) is 3.62. The molecule has 0 fully saturated rings. The van der Waals surface area contributed by atoms with E-state index in [1.54, 1.807) is 6.20 Å². The van der Waals surface area contributed by atoms with Crippen LogP contribution < -0.4 is 16.2 Å². The molecule has 0 amide bonds. The maximum Gasteiger partial charge on any atom is 0.421 e. The summed E-state index contributed by atoms with van der Waals surface area (Å²) >= 11 is 0. The molecule has 0 aliphatic carbocycles. The second-order valence-corrected chi connectivity index (χ2v) is 4.47. The molecule has 1 aliphatic rings. The third-order valence-corrected chi connectivity index (χ3v) is 1.92. The molecule has 2 rings (SSSR count). The largest absolute Gasteiger partial charge is 0.443 e. The van der Waals surface area contributed by atoms with Gasteiger partial charge in [0.2, 0.25) is 0 Å². The number of hydrogen-bond acceptors (Lipinski definition) is 5. The molecule has 1 N–H and O–H groups in total. The maximum absolute atomic E-state index is 11.8. The van der Waals surface area contributed by atoms with Gasteiger partial charge in [0.15, 0.2) is 5.49 Å². The van der Waals surface area contributed by atoms with Crippen LogP contribution in [0.1, 0.15) is 20.8 Å². The Morgan fingerprint density at radius 3 is 3.00 bits per heavy atom. The molecule has 6 nitrogen and oxygen atoms in total. The Balaban J connectivity index is 2.36. The zero-order valence-corrected chi connectivity index (χ0v) is 9.52. The summed E-state index contributed by atoms with van der Waals surface area (Å²) in [7, 11) is 0. The van der Waals surface area contributed by atoms with Crippen molar-refractivity contribution in [2.24, 2.45) is 4.99 Å². The van der Waals surface area contributed by atoms with Crippen LogP contribution in [0.4, 0.5) is 4.79 Å². The van der Waals surface area contributed by atoms with Gasteiger partial charge in [0.25, 0.3) is 0 Å². The first-order valence-electron chi connectivity index (χ1n) is 5.02. The number of nitrogens with one attached hydrogen (secondary N) is 1. The van der Waals surface area contributed by atoms with E-state index in [2.05, 4.69) is 15.3 Å². The molecule has 0 atom stereocenters. The van der Waals surface area contributed by atoms with Crippen molar-refractivity contribution in [1.29, 1.82) is 0 Å². The SMILES string of the molecule is CC(C)(C)OC(=O)n1cnc2c1=NCNC=2. The minimum absolute atomic E-state index is 0.446. The van der Waals surface area contributed by atoms with Crippen molar-refractivity contribution in [2.75, 3.05) is 6.67 Å². The Labute approximate surface area is 92.6 Å². The summed E-state index contributed by atoms with van der Waals surface area (Å²) in [5, 5.41) is 3.57. The van der Waals surface area contributed by atoms with Crippen molar-refractivity contribution in [3.8, 4) is 0 Å². The quantitative estimate of drug-likeness (QED) is 0.647. The van der Waals surface area contributed by atoms with Crippen molar-refractivity contribution in [1.82, 2.24) is 14.9 Å². The maximum atomic E-state index is 11.8. The van der Waals surface area contributed by atoms with Gasteiger partial charge in [0, 0.05) is 6.20 Å². The molecular weight excluding hydrogens is 208 g/mol. The van der Waals surface area contributed by atoms with Crippen LogP contribution in [0.5, 0.6) is 0 Å². The molecule has 1 aliphatic heterocycles. The van der Waals surface area contributed by atoms with Gasteiger partial charge < -0.3 is 10.1 Å². The highest BCUT2D eigenvalue weighted by atomic mass is 16.6. The molecular formula is C10H14N4O2. The number of fused-ring (bicyclic) bond motifs is 1. The van der Waals surface area contributed by atoms with Crippen LogP contribution in [0.15, 0.2) is 11.3 Å². The van der Waals surface area contributed by atoms with Gasteiger partial charge in [0.1, 0.15) is 23.9 Å². The fourth-order valence-corrected chi connectivity index (χ4v) is 1.32. The molecule has 6 heteroatoms. The highest BCUT2D eigenvalue weighted by Gasteiger charge is 2.19. The highest BCUT2D eigenvalue weighted by Crippen LogP contribution is 2.07. The topological polar surface area (TPSA) is 68.5 Å². The van der Waals surface area contributed by atoms with Gasteiger partial charge in [-0.15, -0.1) is 0 Å². The minimum atomic E-state index is -0.523. The Morgan fingerprint density at radius 2 is 2.31 bits per heavy atom. The van der Waals surface area contributed by atoms with E-state index in [9.17, 15) is 4.79 Å². The first-order valence-corrected chi connectivity index (χ1v) is 5.02. The van der Waals surface area contributed by atoms with E-state index in [1.165, 1.54) is 10.9 Å². The third-order valence-electron chi connectivity index (χ3n) is 1.92. The van der Waals surface area contributed by atoms with Crippen LogP contribution in [-0.4, -0.2) is 27.9 Å². The zero-order chi connectivity index (χ0) is 11.8. The molecule has 0 bridgehead atoms. The predicted octanol–water partition coefficient (Wildman–Crippen LogP) is -0.415. The summed E-state index contributed by atoms with van der Waals surface area (Å²) in [6, 6.07) is 0. The first-order chi connectivity index (χ1) is 7.47. The van der Waals surface area contributed by atoms with Crippen LogP contribution in [0.2, 0.25) is 0 Å². The Kier molecular flexibility index (Phi) is 2.41. The molecule has 0 spiro atoms. The Hall–Kier alpha value is -1.85. The van der Waals surface area contributed by atoms with Crippen LogP contribution in [0, 0.1) is 0 Å². The summed E-state index contributed by atoms with van der Waals surface area (Å²) in [4.78, 5) is 20.0. The molecule has 1 aromatic rings. The average Bonchev–Trinajstić information content (AvgIpc) is 2.58. The number of carbonyl (C=O) groups excluding carboxylic acids is 1. The van der Waals surface area contributed by atoms with Crippen LogP contribution in [0.3, 0.4) is 0 Å². The molecule has 0 radical (unpaired) electrons. The molecule has 16 heavy (non-hydrogen) atoms. The van der Waals surface area contributed by atoms with Gasteiger partial charge in [-0.25, -0.2) is 19.3 Å². The predicted molar refractivity (Wildman–Crippen MR) is 57.1 cm³/mol. The van der Waals surface area contributed by atoms with E-state index in [4.69, 9.17) is 4.74 Å². The van der Waals surface area contributed by atoms with Gasteiger partial charge >= 0.3 is 6.09 Å². The molecule has 2 heterocycles. The van der Waals surface area contributed by atoms with Gasteiger partial charge in [-0.05, 0) is 20.8 Å². The summed E-state index contributed by atoms with van der Waals surface area (Å²) in [6.07, 6.45) is 2.69. The number of rotatable bonds is 0. The van der Waals surface area contributed by atoms with E-state index in [0.29, 0.717) is 17.5 Å². The number of hydrogen-bond donors (Lipinski definition) is 1. The van der Waals surface area contributed by atoms with Gasteiger partial charge in [0.05, 0.1) is 0 Å². The number of imidazole rings is 1. The molecule has 0 unspecified atom stereocenters. The Morgan fingerprint density at radius 1 is 1.56 bits per heavy atom. The van der Waals surface area contributed by atoms with Crippen LogP contribution in [0.25, 0.3) is 6.20 Å². The zero-order valence-electron chi connectivity index (χ0n) is 9.52. The monoisotopic (exact) mass is 222 g/mol. The van der Waals surface area contributed by atoms with E-state index in [1.807, 2.05) is 20.8 Å². The van der Waals surface area contributed by atoms with E-state index in [0.717, 1.165) is 0 Å². The van der Waals surface area contributed by atoms with E-state index in [-0.39, 0.29) is 0 Å². The van der Waals surface area contributed by atoms with Crippen LogP contribution >= 0.6 is 0 Å². The Bertz CT molecular complexity index is 524. The number of carbonyl (C=O) groups is 1. The summed E-state index contributed by atoms with van der Waals surface area (Å²) in [5.41, 5.74) is 0.0122. The standard InChI is InChI=1S/C10H14N4O2/c1-10(2,3)16-9(15)14-6-13-7-4-11-5-12-8(7)14/h4,6,11H,5H2,1-3H3. The number of nitrogens with zero attached hydrogens (tertiary/aromatic N) is 3. The molecule has 0 saturated heterocycles. The van der Waals surface area contributed by atoms with Crippen LogP contribution in [-0.2, 0) is 4.74 Å². The van der Waals surface area contributed by atoms with Crippen molar-refractivity contribution >= 4 is 12.3 Å². The first kappa shape index (κ1) is 10.7. The summed E-state index contributed by atoms with van der Waals surface area (Å²) in [6.45, 7) is 5.90. The molecule has 1 aromatic heterocycles. The van der Waals surface area contributed by atoms with Gasteiger partial charge in [-0.1, -0.05) is 0 Å². The van der Waals surface area contributed by atoms with Crippen molar-refractivity contribution in [3.63, 3.8) is 0 Å². The molecule has 86 valence electrons. The van der Waals surface area contributed by atoms with Crippen molar-refractivity contribution in [2.45, 2.75) is 26.4 Å². The number of ether oxygens (including phenoxy) is 1. The fraction of sp³-hybridized carbons (Fsp3) is 0.500. The molecule has 0 aromatic carbocycles. The lowest BCUT2D eigenvalue weighted by Gasteiger charge is -2.19. The lowest BCUT2D eigenvalue weighted by atomic mass is 10.2. The smallest absolute Gasteiger partial charge is 0.421 e. The van der Waals surface area contributed by atoms with Crippen molar-refractivity contribution < 1.29 is 9.53 Å². The lowest BCUT2D eigenvalue weighted by Crippen LogP contribution is -2.41.